The zero-order chi connectivity index (χ0) is 23.6. The largest absolute Gasteiger partial charge is 0.573 e. The molecule has 1 saturated carbocycles. The molecule has 1 aliphatic carbocycles. The van der Waals surface area contributed by atoms with E-state index in [0.29, 0.717) is 22.3 Å². The first kappa shape index (κ1) is 22.6. The average molecular weight is 461 g/mol. The van der Waals surface area contributed by atoms with E-state index in [4.69, 9.17) is 4.74 Å². The maximum Gasteiger partial charge on any atom is 0.573 e. The Morgan fingerprint density at radius 2 is 1.94 bits per heavy atom. The molecule has 1 aromatic heterocycles. The predicted octanol–water partition coefficient (Wildman–Crippen LogP) is 5.40. The van der Waals surface area contributed by atoms with Crippen LogP contribution in [0.3, 0.4) is 0 Å². The van der Waals surface area contributed by atoms with Crippen LogP contribution in [0.5, 0.6) is 5.75 Å². The Morgan fingerprint density at radius 1 is 1.18 bits per heavy atom. The Labute approximate surface area is 187 Å². The predicted molar refractivity (Wildman–Crippen MR) is 115 cm³/mol. The number of alkyl halides is 3. The van der Waals surface area contributed by atoms with Crippen molar-refractivity contribution in [1.82, 2.24) is 9.55 Å². The average Bonchev–Trinajstić information content (AvgIpc) is 3.25. The second-order valence-electron chi connectivity index (χ2n) is 7.90. The molecule has 0 saturated heterocycles. The van der Waals surface area contributed by atoms with Gasteiger partial charge in [0.2, 0.25) is 0 Å². The van der Waals surface area contributed by atoms with Gasteiger partial charge in [-0.25, -0.2) is 9.78 Å². The van der Waals surface area contributed by atoms with Crippen molar-refractivity contribution in [3.8, 4) is 5.75 Å². The minimum absolute atomic E-state index is 0.0771. The summed E-state index contributed by atoms with van der Waals surface area (Å²) in [6.07, 6.45) is -0.522. The number of hydrogen-bond donors (Lipinski definition) is 1. The SMILES string of the molecule is C[C@@H](c1cccc(OC(F)(F)F)c1)n1c(=O)cnc2cc(NC(=O)OC3CCCC3)ccc21. The fourth-order valence-corrected chi connectivity index (χ4v) is 4.04. The van der Waals surface area contributed by atoms with Crippen LogP contribution in [-0.4, -0.2) is 28.1 Å². The van der Waals surface area contributed by atoms with E-state index in [0.717, 1.165) is 31.9 Å². The van der Waals surface area contributed by atoms with Crippen LogP contribution >= 0.6 is 0 Å². The molecule has 0 bridgehead atoms. The number of ether oxygens (including phenoxy) is 2. The maximum absolute atomic E-state index is 12.6. The number of fused-ring (bicyclic) bond motifs is 1. The van der Waals surface area contributed by atoms with Crippen molar-refractivity contribution >= 4 is 22.8 Å². The van der Waals surface area contributed by atoms with Gasteiger partial charge in [-0.3, -0.25) is 14.7 Å². The molecule has 1 amide bonds. The minimum Gasteiger partial charge on any atom is -0.446 e. The topological polar surface area (TPSA) is 82.5 Å². The lowest BCUT2D eigenvalue weighted by Gasteiger charge is -2.19. The molecule has 7 nitrogen and oxygen atoms in total. The summed E-state index contributed by atoms with van der Waals surface area (Å²) in [4.78, 5) is 28.9. The first-order valence-corrected chi connectivity index (χ1v) is 10.5. The maximum atomic E-state index is 12.6. The molecule has 1 aliphatic rings. The molecular formula is C23H22F3N3O4. The van der Waals surface area contributed by atoms with Crippen molar-refractivity contribution in [3.05, 3.63) is 64.6 Å². The number of carbonyl (C=O) groups excluding carboxylic acids is 1. The molecule has 4 rings (SSSR count). The Balaban J connectivity index is 1.60. The molecule has 3 aromatic rings. The number of nitrogens with one attached hydrogen (secondary N) is 1. The fraction of sp³-hybridized carbons (Fsp3) is 0.348. The standard InChI is InChI=1S/C23H22F3N3O4/c1-14(15-5-4-8-18(11-15)33-23(24,25)26)29-20-10-9-16(12-19(20)27-13-21(29)30)28-22(31)32-17-6-2-3-7-17/h4-5,8-14,17H,2-3,6-7H2,1H3,(H,28,31)/t14-/m0/s1. The van der Waals surface area contributed by atoms with Crippen LogP contribution in [-0.2, 0) is 4.74 Å². The number of amides is 1. The normalized spacial score (nSPS) is 15.4. The monoisotopic (exact) mass is 461 g/mol. The summed E-state index contributed by atoms with van der Waals surface area (Å²) in [5.74, 6) is -0.370. The second kappa shape index (κ2) is 9.13. The van der Waals surface area contributed by atoms with Crippen LogP contribution in [0.25, 0.3) is 11.0 Å². The molecule has 1 atom stereocenters. The molecule has 10 heteroatoms. The van der Waals surface area contributed by atoms with Gasteiger partial charge >= 0.3 is 12.5 Å². The third-order valence-electron chi connectivity index (χ3n) is 5.57. The van der Waals surface area contributed by atoms with Gasteiger partial charge in [-0.15, -0.1) is 13.2 Å². The van der Waals surface area contributed by atoms with E-state index >= 15 is 0 Å². The van der Waals surface area contributed by atoms with Crippen molar-refractivity contribution < 1.29 is 27.4 Å². The van der Waals surface area contributed by atoms with Crippen LogP contribution in [0, 0.1) is 0 Å². The van der Waals surface area contributed by atoms with Gasteiger partial charge in [-0.2, -0.15) is 0 Å². The van der Waals surface area contributed by atoms with Gasteiger partial charge in [0.05, 0.1) is 23.3 Å². The summed E-state index contributed by atoms with van der Waals surface area (Å²) >= 11 is 0. The van der Waals surface area contributed by atoms with E-state index in [1.54, 1.807) is 31.2 Å². The summed E-state index contributed by atoms with van der Waals surface area (Å²) in [5.41, 5.74) is 1.39. The number of hydrogen-bond acceptors (Lipinski definition) is 5. The Bertz CT molecular complexity index is 1220. The molecule has 0 radical (unpaired) electrons. The highest BCUT2D eigenvalue weighted by molar-refractivity contribution is 5.88. The lowest BCUT2D eigenvalue weighted by atomic mass is 10.1. The van der Waals surface area contributed by atoms with Crippen molar-refractivity contribution in [3.63, 3.8) is 0 Å². The molecule has 1 N–H and O–H groups in total. The smallest absolute Gasteiger partial charge is 0.446 e. The fourth-order valence-electron chi connectivity index (χ4n) is 4.04. The number of benzene rings is 2. The molecule has 0 spiro atoms. The molecule has 0 unspecified atom stereocenters. The van der Waals surface area contributed by atoms with E-state index in [2.05, 4.69) is 15.0 Å². The molecule has 0 aliphatic heterocycles. The zero-order valence-corrected chi connectivity index (χ0v) is 17.8. The first-order valence-electron chi connectivity index (χ1n) is 10.5. The van der Waals surface area contributed by atoms with Crippen LogP contribution in [0.2, 0.25) is 0 Å². The number of halogens is 3. The van der Waals surface area contributed by atoms with Gasteiger partial charge < -0.3 is 9.47 Å². The highest BCUT2D eigenvalue weighted by Gasteiger charge is 2.31. The molecule has 33 heavy (non-hydrogen) atoms. The van der Waals surface area contributed by atoms with Gasteiger partial charge in [0.15, 0.2) is 0 Å². The van der Waals surface area contributed by atoms with Crippen LogP contribution in [0.1, 0.15) is 44.2 Å². The summed E-state index contributed by atoms with van der Waals surface area (Å²) in [7, 11) is 0. The molecular weight excluding hydrogens is 439 g/mol. The van der Waals surface area contributed by atoms with E-state index < -0.39 is 24.1 Å². The molecule has 2 aromatic carbocycles. The summed E-state index contributed by atoms with van der Waals surface area (Å²) in [6.45, 7) is 1.69. The number of anilines is 1. The van der Waals surface area contributed by atoms with Crippen molar-refractivity contribution in [2.45, 2.75) is 51.1 Å². The van der Waals surface area contributed by atoms with Crippen molar-refractivity contribution in [2.24, 2.45) is 0 Å². The van der Waals surface area contributed by atoms with Gasteiger partial charge in [0.25, 0.3) is 5.56 Å². The number of carbonyl (C=O) groups is 1. The summed E-state index contributed by atoms with van der Waals surface area (Å²) < 4.78 is 48.6. The first-order chi connectivity index (χ1) is 15.7. The van der Waals surface area contributed by atoms with E-state index in [9.17, 15) is 22.8 Å². The third-order valence-corrected chi connectivity index (χ3v) is 5.57. The van der Waals surface area contributed by atoms with Gasteiger partial charge in [-0.05, 0) is 68.5 Å². The number of aromatic nitrogens is 2. The Hall–Kier alpha value is -3.56. The lowest BCUT2D eigenvalue weighted by Crippen LogP contribution is -2.25. The Kier molecular flexibility index (Phi) is 6.26. The van der Waals surface area contributed by atoms with E-state index in [1.807, 2.05) is 0 Å². The van der Waals surface area contributed by atoms with Crippen LogP contribution in [0.4, 0.5) is 23.7 Å². The third kappa shape index (κ3) is 5.44. The quantitative estimate of drug-likeness (QED) is 0.551. The number of nitrogens with zero attached hydrogens (tertiary/aromatic N) is 2. The summed E-state index contributed by atoms with van der Waals surface area (Å²) in [6, 6.07) is 9.72. The van der Waals surface area contributed by atoms with Crippen molar-refractivity contribution in [1.29, 1.82) is 0 Å². The van der Waals surface area contributed by atoms with E-state index in [1.165, 1.54) is 22.8 Å². The van der Waals surface area contributed by atoms with Crippen molar-refractivity contribution in [2.75, 3.05) is 5.32 Å². The van der Waals surface area contributed by atoms with E-state index in [-0.39, 0.29) is 11.9 Å². The second-order valence-corrected chi connectivity index (χ2v) is 7.90. The van der Waals surface area contributed by atoms with Gasteiger partial charge in [0.1, 0.15) is 11.9 Å². The highest BCUT2D eigenvalue weighted by Crippen LogP contribution is 2.28. The molecule has 174 valence electrons. The number of rotatable bonds is 5. The van der Waals surface area contributed by atoms with Gasteiger partial charge in [0, 0.05) is 5.69 Å². The molecule has 1 heterocycles. The molecule has 1 fully saturated rings. The Morgan fingerprint density at radius 3 is 2.67 bits per heavy atom. The lowest BCUT2D eigenvalue weighted by molar-refractivity contribution is -0.274. The summed E-state index contributed by atoms with van der Waals surface area (Å²) in [5, 5.41) is 2.67. The zero-order valence-electron chi connectivity index (χ0n) is 17.8. The van der Waals surface area contributed by atoms with Gasteiger partial charge in [-0.1, -0.05) is 12.1 Å². The van der Waals surface area contributed by atoms with Crippen LogP contribution in [0.15, 0.2) is 53.5 Å². The minimum atomic E-state index is -4.82. The van der Waals surface area contributed by atoms with Crippen LogP contribution < -0.4 is 15.6 Å². The highest BCUT2D eigenvalue weighted by atomic mass is 19.4.